The average molecular weight is 286 g/mol. The van der Waals surface area contributed by atoms with Gasteiger partial charge < -0.3 is 10.3 Å². The maximum Gasteiger partial charge on any atom is 0.127 e. The van der Waals surface area contributed by atoms with Gasteiger partial charge in [-0.05, 0) is 44.5 Å². The number of nitrogens with zero attached hydrogens (tertiary/aromatic N) is 3. The molecule has 0 bridgehead atoms. The zero-order valence-electron chi connectivity index (χ0n) is 13.0. The van der Waals surface area contributed by atoms with E-state index in [2.05, 4.69) is 40.7 Å². The molecule has 21 heavy (non-hydrogen) atoms. The molecule has 1 aliphatic heterocycles. The van der Waals surface area contributed by atoms with Gasteiger partial charge in [0.25, 0.3) is 0 Å². The van der Waals surface area contributed by atoms with Gasteiger partial charge in [-0.3, -0.25) is 4.90 Å². The van der Waals surface area contributed by atoms with Crippen LogP contribution in [-0.2, 0) is 6.54 Å². The highest BCUT2D eigenvalue weighted by Gasteiger charge is 2.25. The summed E-state index contributed by atoms with van der Waals surface area (Å²) < 4.78 is 2.33. The summed E-state index contributed by atoms with van der Waals surface area (Å²) in [6, 6.07) is 8.83. The molecular weight excluding hydrogens is 260 g/mol. The monoisotopic (exact) mass is 286 g/mol. The standard InChI is InChI=1S/C17H26N4/c1-2-15(20-11-6-3-7-12-20)17-19-14-8-4-5-9-16(14)21(17)13-10-18/h4-5,8-9,15H,2-3,6-7,10-13,18H2,1H3. The maximum atomic E-state index is 5.84. The van der Waals surface area contributed by atoms with Crippen LogP contribution in [-0.4, -0.2) is 34.1 Å². The average Bonchev–Trinajstić information content (AvgIpc) is 2.89. The Balaban J connectivity index is 2.01. The molecule has 0 amide bonds. The van der Waals surface area contributed by atoms with Crippen LogP contribution in [0.25, 0.3) is 11.0 Å². The Morgan fingerprint density at radius 3 is 2.67 bits per heavy atom. The van der Waals surface area contributed by atoms with Crippen LogP contribution >= 0.6 is 0 Å². The van der Waals surface area contributed by atoms with Crippen LogP contribution in [0, 0.1) is 0 Å². The largest absolute Gasteiger partial charge is 0.329 e. The first-order chi connectivity index (χ1) is 10.3. The van der Waals surface area contributed by atoms with E-state index >= 15 is 0 Å². The fourth-order valence-electron chi connectivity index (χ4n) is 3.55. The normalized spacial score (nSPS) is 18.2. The molecule has 114 valence electrons. The van der Waals surface area contributed by atoms with Gasteiger partial charge in [-0.1, -0.05) is 25.5 Å². The Kier molecular flexibility index (Phi) is 4.56. The summed E-state index contributed by atoms with van der Waals surface area (Å²) >= 11 is 0. The Bertz CT molecular complexity index is 583. The molecule has 1 unspecified atom stereocenters. The minimum absolute atomic E-state index is 0.421. The molecule has 2 aromatic rings. The summed E-state index contributed by atoms with van der Waals surface area (Å²) in [6.07, 6.45) is 5.10. The lowest BCUT2D eigenvalue weighted by atomic mass is 10.1. The third-order valence-electron chi connectivity index (χ3n) is 4.55. The molecule has 4 heteroatoms. The number of hydrogen-bond donors (Lipinski definition) is 1. The Labute approximate surface area is 126 Å². The van der Waals surface area contributed by atoms with Crippen molar-refractivity contribution < 1.29 is 0 Å². The summed E-state index contributed by atoms with van der Waals surface area (Å²) in [6.45, 7) is 6.17. The second-order valence-electron chi connectivity index (χ2n) is 5.92. The van der Waals surface area contributed by atoms with Crippen LogP contribution in [0.4, 0.5) is 0 Å². The number of para-hydroxylation sites is 2. The number of nitrogens with two attached hydrogens (primary N) is 1. The van der Waals surface area contributed by atoms with Crippen molar-refractivity contribution in [1.82, 2.24) is 14.5 Å². The zero-order valence-corrected chi connectivity index (χ0v) is 13.0. The molecule has 2 N–H and O–H groups in total. The molecule has 2 heterocycles. The van der Waals surface area contributed by atoms with Crippen LogP contribution < -0.4 is 5.73 Å². The fraction of sp³-hybridized carbons (Fsp3) is 0.588. The number of fused-ring (bicyclic) bond motifs is 1. The number of piperidine rings is 1. The van der Waals surface area contributed by atoms with Crippen molar-refractivity contribution in [2.24, 2.45) is 5.73 Å². The van der Waals surface area contributed by atoms with Gasteiger partial charge in [-0.25, -0.2) is 4.98 Å². The molecule has 0 aliphatic carbocycles. The third-order valence-corrected chi connectivity index (χ3v) is 4.55. The molecule has 1 atom stereocenters. The van der Waals surface area contributed by atoms with E-state index in [9.17, 15) is 0 Å². The molecule has 0 spiro atoms. The third kappa shape index (κ3) is 2.83. The van der Waals surface area contributed by atoms with Gasteiger partial charge in [0.2, 0.25) is 0 Å². The second-order valence-corrected chi connectivity index (χ2v) is 5.92. The quantitative estimate of drug-likeness (QED) is 0.919. The van der Waals surface area contributed by atoms with E-state index in [-0.39, 0.29) is 0 Å². The minimum Gasteiger partial charge on any atom is -0.329 e. The van der Waals surface area contributed by atoms with Crippen LogP contribution in [0.5, 0.6) is 0 Å². The lowest BCUT2D eigenvalue weighted by Gasteiger charge is -2.33. The van der Waals surface area contributed by atoms with Crippen molar-refractivity contribution in [2.75, 3.05) is 19.6 Å². The SMILES string of the molecule is CCC(c1nc2ccccc2n1CCN)N1CCCCC1. The van der Waals surface area contributed by atoms with Crippen molar-refractivity contribution in [3.05, 3.63) is 30.1 Å². The van der Waals surface area contributed by atoms with Crippen molar-refractivity contribution >= 4 is 11.0 Å². The second kappa shape index (κ2) is 6.58. The zero-order chi connectivity index (χ0) is 14.7. The summed E-state index contributed by atoms with van der Waals surface area (Å²) in [7, 11) is 0. The van der Waals surface area contributed by atoms with Crippen LogP contribution in [0.3, 0.4) is 0 Å². The lowest BCUT2D eigenvalue weighted by molar-refractivity contribution is 0.150. The molecular formula is C17H26N4. The number of rotatable bonds is 5. The molecule has 1 aromatic heterocycles. The van der Waals surface area contributed by atoms with Gasteiger partial charge in [-0.15, -0.1) is 0 Å². The van der Waals surface area contributed by atoms with E-state index < -0.39 is 0 Å². The molecule has 4 nitrogen and oxygen atoms in total. The highest BCUT2D eigenvalue weighted by atomic mass is 15.2. The van der Waals surface area contributed by atoms with Gasteiger partial charge in [0.05, 0.1) is 17.1 Å². The summed E-state index contributed by atoms with van der Waals surface area (Å²) in [5, 5.41) is 0. The van der Waals surface area contributed by atoms with Gasteiger partial charge in [0, 0.05) is 13.1 Å². The molecule has 3 rings (SSSR count). The van der Waals surface area contributed by atoms with Crippen LogP contribution in [0.15, 0.2) is 24.3 Å². The van der Waals surface area contributed by atoms with Gasteiger partial charge >= 0.3 is 0 Å². The van der Waals surface area contributed by atoms with E-state index in [1.165, 1.54) is 43.7 Å². The van der Waals surface area contributed by atoms with Gasteiger partial charge in [0.15, 0.2) is 0 Å². The number of aromatic nitrogens is 2. The molecule has 0 saturated carbocycles. The first-order valence-corrected chi connectivity index (χ1v) is 8.24. The molecule has 1 aromatic carbocycles. The smallest absolute Gasteiger partial charge is 0.127 e. The van der Waals surface area contributed by atoms with Crippen molar-refractivity contribution in [3.63, 3.8) is 0 Å². The minimum atomic E-state index is 0.421. The fourth-order valence-corrected chi connectivity index (χ4v) is 3.55. The van der Waals surface area contributed by atoms with Gasteiger partial charge in [0.1, 0.15) is 5.82 Å². The summed E-state index contributed by atoms with van der Waals surface area (Å²) in [5.41, 5.74) is 8.15. The highest BCUT2D eigenvalue weighted by Crippen LogP contribution is 2.29. The topological polar surface area (TPSA) is 47.1 Å². The number of hydrogen-bond acceptors (Lipinski definition) is 3. The van der Waals surface area contributed by atoms with E-state index in [1.807, 2.05) is 0 Å². The summed E-state index contributed by atoms with van der Waals surface area (Å²) in [4.78, 5) is 7.55. The Morgan fingerprint density at radius 1 is 1.19 bits per heavy atom. The first-order valence-electron chi connectivity index (χ1n) is 8.24. The first kappa shape index (κ1) is 14.5. The van der Waals surface area contributed by atoms with Crippen molar-refractivity contribution in [1.29, 1.82) is 0 Å². The van der Waals surface area contributed by atoms with E-state index in [4.69, 9.17) is 10.7 Å². The van der Waals surface area contributed by atoms with Crippen molar-refractivity contribution in [2.45, 2.75) is 45.2 Å². The number of likely N-dealkylation sites (tertiary alicyclic amines) is 1. The lowest BCUT2D eigenvalue weighted by Crippen LogP contribution is -2.35. The van der Waals surface area contributed by atoms with Crippen LogP contribution in [0.1, 0.15) is 44.5 Å². The van der Waals surface area contributed by atoms with Crippen LogP contribution in [0.2, 0.25) is 0 Å². The van der Waals surface area contributed by atoms with E-state index in [0.29, 0.717) is 12.6 Å². The van der Waals surface area contributed by atoms with Crippen molar-refractivity contribution in [3.8, 4) is 0 Å². The maximum absolute atomic E-state index is 5.84. The highest BCUT2D eigenvalue weighted by molar-refractivity contribution is 5.76. The Morgan fingerprint density at radius 2 is 1.95 bits per heavy atom. The molecule has 1 saturated heterocycles. The Hall–Kier alpha value is -1.39. The van der Waals surface area contributed by atoms with E-state index in [0.717, 1.165) is 18.5 Å². The molecule has 1 aliphatic rings. The summed E-state index contributed by atoms with van der Waals surface area (Å²) in [5.74, 6) is 1.20. The van der Waals surface area contributed by atoms with E-state index in [1.54, 1.807) is 0 Å². The van der Waals surface area contributed by atoms with Gasteiger partial charge in [-0.2, -0.15) is 0 Å². The number of benzene rings is 1. The predicted octanol–water partition coefficient (Wildman–Crippen LogP) is 2.93. The number of imidazole rings is 1. The predicted molar refractivity (Wildman–Crippen MR) is 87.2 cm³/mol. The molecule has 0 radical (unpaired) electrons. The molecule has 1 fully saturated rings.